The molecule has 3 aromatic rings. The molecular weight excluding hydrogens is 450 g/mol. The van der Waals surface area contributed by atoms with Crippen molar-refractivity contribution in [3.63, 3.8) is 0 Å². The van der Waals surface area contributed by atoms with Gasteiger partial charge in [0.25, 0.3) is 5.91 Å². The number of aryl methyl sites for hydroxylation is 1. The molecule has 0 radical (unpaired) electrons. The van der Waals surface area contributed by atoms with Gasteiger partial charge in [-0.3, -0.25) is 4.79 Å². The number of hydrogen-bond donors (Lipinski definition) is 1. The van der Waals surface area contributed by atoms with Crippen LogP contribution in [0, 0.1) is 11.6 Å². The highest BCUT2D eigenvalue weighted by Gasteiger charge is 2.30. The number of aromatic nitrogens is 2. The molecule has 1 aliphatic heterocycles. The molecule has 2 heterocycles. The van der Waals surface area contributed by atoms with Crippen LogP contribution >= 0.6 is 0 Å². The Bertz CT molecular complexity index is 1270. The van der Waals surface area contributed by atoms with Gasteiger partial charge in [-0.15, -0.1) is 0 Å². The number of carbonyl (C=O) groups is 1. The highest BCUT2D eigenvalue weighted by Crippen LogP contribution is 2.26. The van der Waals surface area contributed by atoms with Gasteiger partial charge >= 0.3 is 0 Å². The summed E-state index contributed by atoms with van der Waals surface area (Å²) in [6, 6.07) is 8.25. The van der Waals surface area contributed by atoms with Crippen molar-refractivity contribution in [1.29, 1.82) is 0 Å². The van der Waals surface area contributed by atoms with Crippen molar-refractivity contribution < 1.29 is 22.0 Å². The molecule has 0 spiro atoms. The molecule has 33 heavy (non-hydrogen) atoms. The minimum Gasteiger partial charge on any atom is -0.338 e. The summed E-state index contributed by atoms with van der Waals surface area (Å²) in [5, 5.41) is 2.72. The van der Waals surface area contributed by atoms with E-state index in [2.05, 4.69) is 10.3 Å². The number of hydrogen-bond acceptors (Lipinski definition) is 4. The second-order valence-electron chi connectivity index (χ2n) is 7.93. The van der Waals surface area contributed by atoms with Crippen LogP contribution in [-0.2, 0) is 17.1 Å². The van der Waals surface area contributed by atoms with Crippen molar-refractivity contribution in [3.05, 3.63) is 83.4 Å². The number of imidazole rings is 1. The van der Waals surface area contributed by atoms with Crippen LogP contribution < -0.4 is 5.32 Å². The van der Waals surface area contributed by atoms with E-state index in [-0.39, 0.29) is 11.1 Å². The zero-order valence-electron chi connectivity index (χ0n) is 18.0. The van der Waals surface area contributed by atoms with Crippen LogP contribution in [-0.4, -0.2) is 41.3 Å². The third-order valence-electron chi connectivity index (χ3n) is 5.73. The Morgan fingerprint density at radius 3 is 2.45 bits per heavy atom. The van der Waals surface area contributed by atoms with E-state index < -0.39 is 38.5 Å². The zero-order chi connectivity index (χ0) is 23.6. The van der Waals surface area contributed by atoms with Crippen molar-refractivity contribution in [3.8, 4) is 0 Å². The first-order valence-corrected chi connectivity index (χ1v) is 12.1. The van der Waals surface area contributed by atoms with Gasteiger partial charge in [0.1, 0.15) is 28.4 Å². The average Bonchev–Trinajstić information content (AvgIpc) is 3.24. The molecule has 7 nitrogen and oxygen atoms in total. The summed E-state index contributed by atoms with van der Waals surface area (Å²) in [7, 11) is -2.37. The molecule has 0 unspecified atom stereocenters. The number of amides is 1. The van der Waals surface area contributed by atoms with E-state index in [1.54, 1.807) is 23.9 Å². The number of sulfonamides is 1. The van der Waals surface area contributed by atoms with Gasteiger partial charge in [0.05, 0.1) is 0 Å². The van der Waals surface area contributed by atoms with Crippen molar-refractivity contribution in [1.82, 2.24) is 19.2 Å². The van der Waals surface area contributed by atoms with Crippen LogP contribution in [0.1, 0.15) is 47.1 Å². The van der Waals surface area contributed by atoms with Gasteiger partial charge in [-0.2, -0.15) is 4.31 Å². The molecule has 174 valence electrons. The molecule has 4 rings (SSSR count). The standard InChI is InChI=1S/C23H24F2N4O3S/c1-28-14-11-26-22(28)21(17-7-3-4-8-18(17)24)27-23(30)16-9-10-19(25)20(15-16)33(31,32)29-12-5-2-6-13-29/h3-4,7-11,14-15,21H,2,5-6,12-13H2,1H3,(H,27,30)/t21-/m1/s1. The highest BCUT2D eigenvalue weighted by atomic mass is 32.2. The lowest BCUT2D eigenvalue weighted by molar-refractivity contribution is 0.0940. The molecule has 0 aliphatic carbocycles. The number of nitrogens with one attached hydrogen (secondary N) is 1. The smallest absolute Gasteiger partial charge is 0.252 e. The Labute approximate surface area is 191 Å². The lowest BCUT2D eigenvalue weighted by Gasteiger charge is -2.26. The quantitative estimate of drug-likeness (QED) is 0.594. The molecule has 1 N–H and O–H groups in total. The van der Waals surface area contributed by atoms with E-state index in [0.717, 1.165) is 18.6 Å². The summed E-state index contributed by atoms with van der Waals surface area (Å²) in [6.07, 6.45) is 5.51. The van der Waals surface area contributed by atoms with Gasteiger partial charge in [-0.05, 0) is 37.1 Å². The van der Waals surface area contributed by atoms with Gasteiger partial charge in [-0.1, -0.05) is 24.6 Å². The molecule has 1 atom stereocenters. The summed E-state index contributed by atoms with van der Waals surface area (Å²) in [5.74, 6) is -1.75. The Morgan fingerprint density at radius 1 is 1.06 bits per heavy atom. The van der Waals surface area contributed by atoms with Gasteiger partial charge < -0.3 is 9.88 Å². The van der Waals surface area contributed by atoms with E-state index in [1.165, 1.54) is 34.8 Å². The van der Waals surface area contributed by atoms with Crippen LogP contribution in [0.5, 0.6) is 0 Å². The topological polar surface area (TPSA) is 84.3 Å². The average molecular weight is 475 g/mol. The minimum absolute atomic E-state index is 0.0532. The van der Waals surface area contributed by atoms with Crippen molar-refractivity contribution >= 4 is 15.9 Å². The Balaban J connectivity index is 1.68. The van der Waals surface area contributed by atoms with E-state index >= 15 is 0 Å². The van der Waals surface area contributed by atoms with E-state index in [4.69, 9.17) is 0 Å². The molecular formula is C23H24F2N4O3S. The normalized spacial score (nSPS) is 15.8. The first-order valence-electron chi connectivity index (χ1n) is 10.6. The maximum absolute atomic E-state index is 14.6. The first kappa shape index (κ1) is 23.1. The molecule has 1 amide bonds. The minimum atomic E-state index is -4.08. The van der Waals surface area contributed by atoms with Gasteiger partial charge in [0.15, 0.2) is 0 Å². The third-order valence-corrected chi connectivity index (χ3v) is 7.65. The Hall–Kier alpha value is -3.11. The van der Waals surface area contributed by atoms with E-state index in [1.807, 2.05) is 0 Å². The fourth-order valence-electron chi connectivity index (χ4n) is 3.95. The van der Waals surface area contributed by atoms with Crippen molar-refractivity contribution in [2.75, 3.05) is 13.1 Å². The lowest BCUT2D eigenvalue weighted by Crippen LogP contribution is -2.36. The van der Waals surface area contributed by atoms with Crippen molar-refractivity contribution in [2.45, 2.75) is 30.2 Å². The number of piperidine rings is 1. The lowest BCUT2D eigenvalue weighted by atomic mass is 10.0. The summed E-state index contributed by atoms with van der Waals surface area (Å²) < 4.78 is 58.0. The maximum Gasteiger partial charge on any atom is 0.252 e. The number of halogens is 2. The monoisotopic (exact) mass is 474 g/mol. The fraction of sp³-hybridized carbons (Fsp3) is 0.304. The fourth-order valence-corrected chi connectivity index (χ4v) is 5.55. The third kappa shape index (κ3) is 4.67. The second kappa shape index (κ2) is 9.40. The van der Waals surface area contributed by atoms with Crippen molar-refractivity contribution in [2.24, 2.45) is 7.05 Å². The van der Waals surface area contributed by atoms with Crippen LogP contribution in [0.25, 0.3) is 0 Å². The predicted molar refractivity (Wildman–Crippen MR) is 118 cm³/mol. The predicted octanol–water partition coefficient (Wildman–Crippen LogP) is 3.39. The van der Waals surface area contributed by atoms with Gasteiger partial charge in [-0.25, -0.2) is 22.2 Å². The molecule has 2 aromatic carbocycles. The van der Waals surface area contributed by atoms with E-state index in [0.29, 0.717) is 31.8 Å². The molecule has 1 fully saturated rings. The SMILES string of the molecule is Cn1ccnc1[C@H](NC(=O)c1ccc(F)c(S(=O)(=O)N2CCCCC2)c1)c1ccccc1F. The summed E-state index contributed by atoms with van der Waals surface area (Å²) in [5.41, 5.74) is 0.144. The number of nitrogens with zero attached hydrogens (tertiary/aromatic N) is 3. The largest absolute Gasteiger partial charge is 0.338 e. The second-order valence-corrected chi connectivity index (χ2v) is 9.84. The Kier molecular flexibility index (Phi) is 6.57. The molecule has 1 aromatic heterocycles. The van der Waals surface area contributed by atoms with E-state index in [9.17, 15) is 22.0 Å². The molecule has 0 saturated carbocycles. The number of benzene rings is 2. The summed E-state index contributed by atoms with van der Waals surface area (Å²) in [6.45, 7) is 0.624. The number of rotatable bonds is 6. The van der Waals surface area contributed by atoms with Crippen LogP contribution in [0.15, 0.2) is 59.8 Å². The van der Waals surface area contributed by atoms with Crippen LogP contribution in [0.3, 0.4) is 0 Å². The number of carbonyl (C=O) groups excluding carboxylic acids is 1. The first-order chi connectivity index (χ1) is 15.8. The Morgan fingerprint density at radius 2 is 1.79 bits per heavy atom. The zero-order valence-corrected chi connectivity index (χ0v) is 18.9. The summed E-state index contributed by atoms with van der Waals surface area (Å²) in [4.78, 5) is 16.8. The van der Waals surface area contributed by atoms with Gasteiger partial charge in [0.2, 0.25) is 10.0 Å². The molecule has 0 bridgehead atoms. The highest BCUT2D eigenvalue weighted by molar-refractivity contribution is 7.89. The molecule has 1 saturated heterocycles. The maximum atomic E-state index is 14.6. The molecule has 1 aliphatic rings. The van der Waals surface area contributed by atoms with Gasteiger partial charge in [0, 0.05) is 43.7 Å². The van der Waals surface area contributed by atoms with Crippen LogP contribution in [0.4, 0.5) is 8.78 Å². The summed E-state index contributed by atoms with van der Waals surface area (Å²) >= 11 is 0. The van der Waals surface area contributed by atoms with Crippen LogP contribution in [0.2, 0.25) is 0 Å². The molecule has 10 heteroatoms.